The van der Waals surface area contributed by atoms with E-state index in [1.807, 2.05) is 0 Å². The number of aliphatic hydroxyl groups is 1. The molecule has 18 heavy (non-hydrogen) atoms. The zero-order valence-corrected chi connectivity index (χ0v) is 11.8. The molecular formula is C11H17ClN2O3S. The highest BCUT2D eigenvalue weighted by molar-refractivity contribution is 7.89. The van der Waals surface area contributed by atoms with Crippen LogP contribution in [-0.4, -0.2) is 26.2 Å². The Kier molecular flexibility index (Phi) is 4.98. The van der Waals surface area contributed by atoms with Crippen LogP contribution in [0.2, 0.25) is 5.02 Å². The Balaban J connectivity index is 3.20. The van der Waals surface area contributed by atoms with Gasteiger partial charge in [0.1, 0.15) is 0 Å². The molecule has 1 unspecified atom stereocenters. The van der Waals surface area contributed by atoms with Crippen LogP contribution in [0.1, 0.15) is 18.9 Å². The Labute approximate surface area is 112 Å². The average molecular weight is 293 g/mol. The number of benzene rings is 1. The van der Waals surface area contributed by atoms with Gasteiger partial charge in [0.05, 0.1) is 11.5 Å². The summed E-state index contributed by atoms with van der Waals surface area (Å²) in [5, 5.41) is 9.30. The summed E-state index contributed by atoms with van der Waals surface area (Å²) >= 11 is 5.81. The fraction of sp³-hybridized carbons (Fsp3) is 0.455. The van der Waals surface area contributed by atoms with Crippen LogP contribution in [0.5, 0.6) is 0 Å². The van der Waals surface area contributed by atoms with Crippen molar-refractivity contribution in [1.29, 1.82) is 0 Å². The minimum absolute atomic E-state index is 0.0411. The number of nitrogens with two attached hydrogens (primary N) is 1. The maximum atomic E-state index is 12.1. The zero-order valence-electron chi connectivity index (χ0n) is 10.3. The summed E-state index contributed by atoms with van der Waals surface area (Å²) in [4.78, 5) is 0.0411. The molecule has 0 aliphatic heterocycles. The fourth-order valence-corrected chi connectivity index (χ4v) is 3.39. The van der Waals surface area contributed by atoms with Crippen molar-refractivity contribution in [3.63, 3.8) is 0 Å². The van der Waals surface area contributed by atoms with Crippen LogP contribution < -0.4 is 10.5 Å². The summed E-state index contributed by atoms with van der Waals surface area (Å²) in [6, 6.07) is 2.33. The van der Waals surface area contributed by atoms with Crippen LogP contribution in [0.3, 0.4) is 0 Å². The Morgan fingerprint density at radius 1 is 1.50 bits per heavy atom. The largest absolute Gasteiger partial charge is 0.398 e. The SMILES string of the molecule is CCC(CO)NS(=O)(=O)c1cc(Cl)cc(N)c1C. The second-order valence-corrected chi connectivity index (χ2v) is 6.15. The maximum Gasteiger partial charge on any atom is 0.241 e. The quantitative estimate of drug-likeness (QED) is 0.713. The van der Waals surface area contributed by atoms with Crippen LogP contribution in [0, 0.1) is 6.92 Å². The molecule has 1 atom stereocenters. The monoisotopic (exact) mass is 292 g/mol. The number of rotatable bonds is 5. The summed E-state index contributed by atoms with van der Waals surface area (Å²) in [5.41, 5.74) is 6.45. The van der Waals surface area contributed by atoms with Crippen molar-refractivity contribution in [3.8, 4) is 0 Å². The molecule has 0 spiro atoms. The van der Waals surface area contributed by atoms with Gasteiger partial charge < -0.3 is 10.8 Å². The van der Waals surface area contributed by atoms with E-state index in [-0.39, 0.29) is 16.5 Å². The van der Waals surface area contributed by atoms with Crippen molar-refractivity contribution in [2.24, 2.45) is 0 Å². The van der Waals surface area contributed by atoms with Crippen LogP contribution in [0.4, 0.5) is 5.69 Å². The number of halogens is 1. The van der Waals surface area contributed by atoms with Crippen molar-refractivity contribution < 1.29 is 13.5 Å². The molecule has 0 saturated carbocycles. The molecule has 1 aromatic rings. The van der Waals surface area contributed by atoms with E-state index in [9.17, 15) is 8.42 Å². The zero-order chi connectivity index (χ0) is 13.9. The van der Waals surface area contributed by atoms with Gasteiger partial charge in [-0.25, -0.2) is 13.1 Å². The van der Waals surface area contributed by atoms with Crippen LogP contribution in [-0.2, 0) is 10.0 Å². The number of hydrogen-bond donors (Lipinski definition) is 3. The number of nitrogen functional groups attached to an aromatic ring is 1. The van der Waals surface area contributed by atoms with Crippen LogP contribution >= 0.6 is 11.6 Å². The second kappa shape index (κ2) is 5.88. The van der Waals surface area contributed by atoms with Gasteiger partial charge in [0.25, 0.3) is 0 Å². The number of hydrogen-bond acceptors (Lipinski definition) is 4. The third-order valence-corrected chi connectivity index (χ3v) is 4.55. The second-order valence-electron chi connectivity index (χ2n) is 4.03. The van der Waals surface area contributed by atoms with E-state index >= 15 is 0 Å². The minimum atomic E-state index is -3.73. The van der Waals surface area contributed by atoms with Gasteiger partial charge in [0.15, 0.2) is 0 Å². The highest BCUT2D eigenvalue weighted by atomic mass is 35.5. The van der Waals surface area contributed by atoms with Crippen molar-refractivity contribution in [2.45, 2.75) is 31.2 Å². The summed E-state index contributed by atoms with van der Waals surface area (Å²) in [5.74, 6) is 0. The Hall–Kier alpha value is -0.820. The molecule has 0 radical (unpaired) electrons. The molecule has 4 N–H and O–H groups in total. The first kappa shape index (κ1) is 15.2. The van der Waals surface area contributed by atoms with Gasteiger partial charge >= 0.3 is 0 Å². The minimum Gasteiger partial charge on any atom is -0.398 e. The van der Waals surface area contributed by atoms with E-state index in [4.69, 9.17) is 22.4 Å². The Morgan fingerprint density at radius 3 is 2.61 bits per heavy atom. The van der Waals surface area contributed by atoms with Crippen molar-refractivity contribution in [3.05, 3.63) is 22.7 Å². The normalized spacial score (nSPS) is 13.6. The van der Waals surface area contributed by atoms with Gasteiger partial charge in [-0.05, 0) is 31.0 Å². The molecule has 0 fully saturated rings. The first-order chi connectivity index (χ1) is 8.31. The van der Waals surface area contributed by atoms with Crippen LogP contribution in [0.25, 0.3) is 0 Å². The predicted molar refractivity (Wildman–Crippen MR) is 72.1 cm³/mol. The van der Waals surface area contributed by atoms with Crippen molar-refractivity contribution in [1.82, 2.24) is 4.72 Å². The van der Waals surface area contributed by atoms with Crippen molar-refractivity contribution in [2.75, 3.05) is 12.3 Å². The molecule has 0 aliphatic carbocycles. The average Bonchev–Trinajstić information content (AvgIpc) is 2.30. The standard InChI is InChI=1S/C11H17ClN2O3S/c1-3-9(6-15)14-18(16,17)11-5-8(12)4-10(13)7(11)2/h4-5,9,14-15H,3,6,13H2,1-2H3. The van der Waals surface area contributed by atoms with Crippen molar-refractivity contribution >= 4 is 27.3 Å². The smallest absolute Gasteiger partial charge is 0.241 e. The number of nitrogens with one attached hydrogen (secondary N) is 1. The molecule has 5 nitrogen and oxygen atoms in total. The highest BCUT2D eigenvalue weighted by Crippen LogP contribution is 2.26. The Morgan fingerprint density at radius 2 is 2.11 bits per heavy atom. The summed E-state index contributed by atoms with van der Waals surface area (Å²) in [7, 11) is -3.73. The number of sulfonamides is 1. The summed E-state index contributed by atoms with van der Waals surface area (Å²) in [6.07, 6.45) is 0.491. The molecule has 0 amide bonds. The number of aliphatic hydroxyl groups excluding tert-OH is 1. The lowest BCUT2D eigenvalue weighted by molar-refractivity contribution is 0.254. The lowest BCUT2D eigenvalue weighted by Crippen LogP contribution is -2.37. The number of anilines is 1. The topological polar surface area (TPSA) is 92.4 Å². The van der Waals surface area contributed by atoms with E-state index in [0.29, 0.717) is 17.7 Å². The lowest BCUT2D eigenvalue weighted by atomic mass is 10.2. The van der Waals surface area contributed by atoms with Crippen LogP contribution in [0.15, 0.2) is 17.0 Å². The maximum absolute atomic E-state index is 12.1. The lowest BCUT2D eigenvalue weighted by Gasteiger charge is -2.16. The van der Waals surface area contributed by atoms with E-state index in [2.05, 4.69) is 4.72 Å². The summed E-state index contributed by atoms with van der Waals surface area (Å²) < 4.78 is 26.7. The van der Waals surface area contributed by atoms with E-state index in [1.54, 1.807) is 13.8 Å². The van der Waals surface area contributed by atoms with E-state index < -0.39 is 16.1 Å². The molecule has 0 aromatic heterocycles. The first-order valence-corrected chi connectivity index (χ1v) is 7.36. The van der Waals surface area contributed by atoms with Gasteiger partial charge in [-0.1, -0.05) is 18.5 Å². The molecule has 1 aromatic carbocycles. The van der Waals surface area contributed by atoms with Gasteiger partial charge in [-0.15, -0.1) is 0 Å². The van der Waals surface area contributed by atoms with E-state index in [0.717, 1.165) is 0 Å². The molecule has 7 heteroatoms. The van der Waals surface area contributed by atoms with Gasteiger partial charge in [-0.3, -0.25) is 0 Å². The summed E-state index contributed by atoms with van der Waals surface area (Å²) in [6.45, 7) is 3.13. The highest BCUT2D eigenvalue weighted by Gasteiger charge is 2.22. The third-order valence-electron chi connectivity index (χ3n) is 2.69. The molecular weight excluding hydrogens is 276 g/mol. The molecule has 102 valence electrons. The third kappa shape index (κ3) is 3.35. The van der Waals surface area contributed by atoms with Gasteiger partial charge in [0, 0.05) is 16.8 Å². The predicted octanol–water partition coefficient (Wildman–Crippen LogP) is 1.28. The Bertz CT molecular complexity index is 527. The fourth-order valence-electron chi connectivity index (χ4n) is 1.49. The van der Waals surface area contributed by atoms with Gasteiger partial charge in [-0.2, -0.15) is 0 Å². The molecule has 0 heterocycles. The van der Waals surface area contributed by atoms with Gasteiger partial charge in [0.2, 0.25) is 10.0 Å². The molecule has 0 aliphatic rings. The first-order valence-electron chi connectivity index (χ1n) is 5.50. The molecule has 1 rings (SSSR count). The van der Waals surface area contributed by atoms with E-state index in [1.165, 1.54) is 12.1 Å². The molecule has 0 saturated heterocycles. The molecule has 0 bridgehead atoms.